The van der Waals surface area contributed by atoms with E-state index < -0.39 is 0 Å². The Hall–Kier alpha value is -1.13. The van der Waals surface area contributed by atoms with Crippen LogP contribution in [0.15, 0.2) is 33.8 Å². The zero-order chi connectivity index (χ0) is 13.8. The van der Waals surface area contributed by atoms with Crippen molar-refractivity contribution in [2.45, 2.75) is 51.0 Å². The third kappa shape index (κ3) is 3.13. The summed E-state index contributed by atoms with van der Waals surface area (Å²) in [5.41, 5.74) is 3.84. The van der Waals surface area contributed by atoms with Crippen molar-refractivity contribution >= 4 is 17.0 Å². The smallest absolute Gasteiger partial charge is 0.0827 e. The van der Waals surface area contributed by atoms with Crippen molar-refractivity contribution in [1.29, 1.82) is 0 Å². The number of oxime groups is 1. The molecule has 0 fully saturated rings. The Bertz CT molecular complexity index is 505. The molecule has 0 bridgehead atoms. The lowest BCUT2D eigenvalue weighted by atomic mass is 9.79. The van der Waals surface area contributed by atoms with Gasteiger partial charge in [-0.25, -0.2) is 0 Å². The molecule has 0 spiro atoms. The second-order valence-corrected chi connectivity index (χ2v) is 6.74. The molecule has 2 aliphatic rings. The average Bonchev–Trinajstić information content (AvgIpc) is 2.99. The number of rotatable bonds is 4. The zero-order valence-electron chi connectivity index (χ0n) is 11.8. The fourth-order valence-electron chi connectivity index (χ4n) is 3.38. The van der Waals surface area contributed by atoms with Crippen molar-refractivity contribution in [2.75, 3.05) is 6.54 Å². The summed E-state index contributed by atoms with van der Waals surface area (Å²) in [6.07, 6.45) is 7.79. The van der Waals surface area contributed by atoms with E-state index in [4.69, 9.17) is 5.21 Å². The molecule has 4 heteroatoms. The van der Waals surface area contributed by atoms with E-state index in [-0.39, 0.29) is 0 Å². The lowest BCUT2D eigenvalue weighted by Crippen LogP contribution is -2.35. The van der Waals surface area contributed by atoms with Crippen LogP contribution in [0.5, 0.6) is 0 Å². The van der Waals surface area contributed by atoms with E-state index in [1.807, 2.05) is 11.3 Å². The Labute approximate surface area is 124 Å². The van der Waals surface area contributed by atoms with Gasteiger partial charge in [-0.3, -0.25) is 0 Å². The molecule has 0 aromatic carbocycles. The normalized spacial score (nSPS) is 25.0. The SMILES string of the molecule is ON=C1CCCC2=C1CCC(NCCc1cccs1)C2. The van der Waals surface area contributed by atoms with Gasteiger partial charge in [-0.2, -0.15) is 0 Å². The van der Waals surface area contributed by atoms with Gasteiger partial charge in [0.15, 0.2) is 0 Å². The van der Waals surface area contributed by atoms with Crippen LogP contribution >= 0.6 is 11.3 Å². The highest BCUT2D eigenvalue weighted by molar-refractivity contribution is 7.09. The molecule has 1 aromatic rings. The van der Waals surface area contributed by atoms with Gasteiger partial charge >= 0.3 is 0 Å². The van der Waals surface area contributed by atoms with Crippen molar-refractivity contribution in [3.63, 3.8) is 0 Å². The molecule has 2 aliphatic carbocycles. The fraction of sp³-hybridized carbons (Fsp3) is 0.562. The first-order chi connectivity index (χ1) is 9.86. The number of nitrogens with one attached hydrogen (secondary N) is 1. The summed E-state index contributed by atoms with van der Waals surface area (Å²) in [4.78, 5) is 1.46. The van der Waals surface area contributed by atoms with Crippen molar-refractivity contribution in [2.24, 2.45) is 5.16 Å². The fourth-order valence-corrected chi connectivity index (χ4v) is 4.09. The van der Waals surface area contributed by atoms with E-state index in [0.717, 1.165) is 44.4 Å². The zero-order valence-corrected chi connectivity index (χ0v) is 12.6. The molecule has 1 aromatic heterocycles. The molecular weight excluding hydrogens is 268 g/mol. The molecule has 1 unspecified atom stereocenters. The summed E-state index contributed by atoms with van der Waals surface area (Å²) >= 11 is 1.84. The van der Waals surface area contributed by atoms with Crippen LogP contribution in [0.4, 0.5) is 0 Å². The molecule has 3 nitrogen and oxygen atoms in total. The first kappa shape index (κ1) is 13.8. The minimum Gasteiger partial charge on any atom is -0.411 e. The summed E-state index contributed by atoms with van der Waals surface area (Å²) < 4.78 is 0. The predicted octanol–water partition coefficient (Wildman–Crippen LogP) is 3.74. The first-order valence-electron chi connectivity index (χ1n) is 7.55. The molecule has 0 saturated heterocycles. The number of hydrogen-bond donors (Lipinski definition) is 2. The largest absolute Gasteiger partial charge is 0.411 e. The van der Waals surface area contributed by atoms with Crippen molar-refractivity contribution in [3.05, 3.63) is 33.5 Å². The molecule has 3 rings (SSSR count). The van der Waals surface area contributed by atoms with E-state index in [1.54, 1.807) is 0 Å². The van der Waals surface area contributed by atoms with E-state index in [1.165, 1.54) is 28.9 Å². The predicted molar refractivity (Wildman–Crippen MR) is 83.8 cm³/mol. The monoisotopic (exact) mass is 290 g/mol. The van der Waals surface area contributed by atoms with Crippen LogP contribution in [0, 0.1) is 0 Å². The van der Waals surface area contributed by atoms with Gasteiger partial charge in [-0.05, 0) is 62.0 Å². The maximum Gasteiger partial charge on any atom is 0.0827 e. The number of nitrogens with zero attached hydrogens (tertiary/aromatic N) is 1. The molecule has 20 heavy (non-hydrogen) atoms. The molecule has 1 atom stereocenters. The van der Waals surface area contributed by atoms with Crippen LogP contribution in [0.1, 0.15) is 43.4 Å². The maximum absolute atomic E-state index is 9.08. The molecule has 1 heterocycles. The van der Waals surface area contributed by atoms with Gasteiger partial charge in [0, 0.05) is 17.5 Å². The highest BCUT2D eigenvalue weighted by Gasteiger charge is 2.26. The lowest BCUT2D eigenvalue weighted by molar-refractivity contribution is 0.316. The summed E-state index contributed by atoms with van der Waals surface area (Å²) in [5.74, 6) is 0. The van der Waals surface area contributed by atoms with Gasteiger partial charge in [0.1, 0.15) is 0 Å². The van der Waals surface area contributed by atoms with Crippen LogP contribution in [0.3, 0.4) is 0 Å². The van der Waals surface area contributed by atoms with Crippen LogP contribution in [0.2, 0.25) is 0 Å². The van der Waals surface area contributed by atoms with Crippen molar-refractivity contribution < 1.29 is 5.21 Å². The lowest BCUT2D eigenvalue weighted by Gasteiger charge is -2.31. The first-order valence-corrected chi connectivity index (χ1v) is 8.42. The molecule has 0 aliphatic heterocycles. The Kier molecular flexibility index (Phi) is 4.53. The van der Waals surface area contributed by atoms with Gasteiger partial charge in [-0.1, -0.05) is 16.8 Å². The van der Waals surface area contributed by atoms with Gasteiger partial charge in [0.2, 0.25) is 0 Å². The van der Waals surface area contributed by atoms with E-state index in [2.05, 4.69) is 28.0 Å². The van der Waals surface area contributed by atoms with E-state index in [9.17, 15) is 0 Å². The third-order valence-corrected chi connectivity index (χ3v) is 5.34. The Morgan fingerprint density at radius 2 is 2.30 bits per heavy atom. The molecule has 0 saturated carbocycles. The quantitative estimate of drug-likeness (QED) is 0.655. The second-order valence-electron chi connectivity index (χ2n) is 5.71. The highest BCUT2D eigenvalue weighted by atomic mass is 32.1. The third-order valence-electron chi connectivity index (χ3n) is 4.41. The van der Waals surface area contributed by atoms with E-state index >= 15 is 0 Å². The standard InChI is InChI=1S/C16H22N2OS/c19-18-16-5-1-3-12-11-13(6-7-15(12)16)17-9-8-14-4-2-10-20-14/h2,4,10,13,17,19H,1,3,5-9,11H2. The minimum atomic E-state index is 0.603. The average molecular weight is 290 g/mol. The van der Waals surface area contributed by atoms with Crippen LogP contribution in [-0.2, 0) is 6.42 Å². The molecular formula is C16H22N2OS. The van der Waals surface area contributed by atoms with Crippen LogP contribution in [0.25, 0.3) is 0 Å². The summed E-state index contributed by atoms with van der Waals surface area (Å²) in [5, 5.41) is 18.4. The molecule has 0 radical (unpaired) electrons. The van der Waals surface area contributed by atoms with Crippen LogP contribution in [-0.4, -0.2) is 23.5 Å². The molecule has 0 amide bonds. The number of allylic oxidation sites excluding steroid dienone is 1. The van der Waals surface area contributed by atoms with Crippen molar-refractivity contribution in [3.8, 4) is 0 Å². The second kappa shape index (κ2) is 6.55. The summed E-state index contributed by atoms with van der Waals surface area (Å²) in [7, 11) is 0. The number of hydrogen-bond acceptors (Lipinski definition) is 4. The van der Waals surface area contributed by atoms with Crippen LogP contribution < -0.4 is 5.32 Å². The topological polar surface area (TPSA) is 44.6 Å². The van der Waals surface area contributed by atoms with Crippen molar-refractivity contribution in [1.82, 2.24) is 5.32 Å². The van der Waals surface area contributed by atoms with Gasteiger partial charge in [0.25, 0.3) is 0 Å². The van der Waals surface area contributed by atoms with E-state index in [0.29, 0.717) is 6.04 Å². The summed E-state index contributed by atoms with van der Waals surface area (Å²) in [6, 6.07) is 4.93. The van der Waals surface area contributed by atoms with Gasteiger partial charge < -0.3 is 10.5 Å². The number of thiophene rings is 1. The highest BCUT2D eigenvalue weighted by Crippen LogP contribution is 2.34. The Morgan fingerprint density at radius 1 is 1.35 bits per heavy atom. The minimum absolute atomic E-state index is 0.603. The molecule has 108 valence electrons. The molecule has 2 N–H and O–H groups in total. The Morgan fingerprint density at radius 3 is 3.10 bits per heavy atom. The van der Waals surface area contributed by atoms with Gasteiger partial charge in [-0.15, -0.1) is 11.3 Å². The maximum atomic E-state index is 9.08. The summed E-state index contributed by atoms with van der Waals surface area (Å²) in [6.45, 7) is 1.06. The Balaban J connectivity index is 1.53. The van der Waals surface area contributed by atoms with Gasteiger partial charge in [0.05, 0.1) is 5.71 Å².